The molecule has 5 nitrogen and oxygen atoms in total. The zero-order valence-electron chi connectivity index (χ0n) is 9.48. The fourth-order valence-electron chi connectivity index (χ4n) is 2.24. The second-order valence-corrected chi connectivity index (χ2v) is 4.64. The van der Waals surface area contributed by atoms with Crippen LogP contribution in [0.5, 0.6) is 17.2 Å². The van der Waals surface area contributed by atoms with Crippen molar-refractivity contribution in [2.45, 2.75) is 24.9 Å². The van der Waals surface area contributed by atoms with Gasteiger partial charge in [0.15, 0.2) is 0 Å². The molecule has 5 N–H and O–H groups in total. The molecule has 1 unspecified atom stereocenters. The summed E-state index contributed by atoms with van der Waals surface area (Å²) in [6.45, 7) is 1.31. The third kappa shape index (κ3) is 2.62. The number of phenolic OH excluding ortho intramolecular Hbond substituents is 3. The molecule has 0 aliphatic carbocycles. The first-order valence-corrected chi connectivity index (χ1v) is 5.67. The summed E-state index contributed by atoms with van der Waals surface area (Å²) in [7, 11) is 0. The topological polar surface area (TPSA) is 93.0 Å². The number of nitrogens with one attached hydrogen (secondary N) is 1. The fraction of sp³-hybridized carbons (Fsp3) is 0.500. The van der Waals surface area contributed by atoms with Gasteiger partial charge in [-0.15, -0.1) is 0 Å². The Morgan fingerprint density at radius 1 is 1.18 bits per heavy atom. The van der Waals surface area contributed by atoms with Gasteiger partial charge < -0.3 is 25.7 Å². The molecule has 0 spiro atoms. The Bertz CT molecular complexity index is 390. The lowest BCUT2D eigenvalue weighted by atomic mass is 9.87. The van der Waals surface area contributed by atoms with Crippen LogP contribution in [0.15, 0.2) is 12.1 Å². The Hall–Kier alpha value is -1.46. The first-order valence-electron chi connectivity index (χ1n) is 5.67. The van der Waals surface area contributed by atoms with E-state index in [0.717, 1.165) is 25.1 Å². The number of phenols is 3. The van der Waals surface area contributed by atoms with Crippen molar-refractivity contribution in [2.24, 2.45) is 0 Å². The second kappa shape index (κ2) is 4.43. The van der Waals surface area contributed by atoms with Crippen LogP contribution in [0, 0.1) is 0 Å². The van der Waals surface area contributed by atoms with Crippen LogP contribution < -0.4 is 5.32 Å². The minimum Gasteiger partial charge on any atom is -0.508 e. The summed E-state index contributed by atoms with van der Waals surface area (Å²) in [6, 6.07) is 2.32. The van der Waals surface area contributed by atoms with Gasteiger partial charge in [-0.1, -0.05) is 0 Å². The van der Waals surface area contributed by atoms with E-state index in [1.165, 1.54) is 0 Å². The number of hydrogen-bond donors (Lipinski definition) is 5. The number of aromatic hydroxyl groups is 3. The van der Waals surface area contributed by atoms with E-state index < -0.39 is 5.60 Å². The van der Waals surface area contributed by atoms with Crippen LogP contribution in [-0.2, 0) is 6.42 Å². The third-order valence-electron chi connectivity index (χ3n) is 3.14. The average Bonchev–Trinajstić information content (AvgIpc) is 2.24. The minimum absolute atomic E-state index is 0.165. The molecule has 94 valence electrons. The molecule has 5 heteroatoms. The van der Waals surface area contributed by atoms with Crippen LogP contribution in [0.25, 0.3) is 0 Å². The Labute approximate surface area is 99.3 Å². The Balaban J connectivity index is 2.23. The predicted octanol–water partition coefficient (Wildman–Crippen LogP) is 0.460. The molecule has 0 radical (unpaired) electrons. The lowest BCUT2D eigenvalue weighted by Gasteiger charge is -2.33. The number of aliphatic hydroxyl groups is 1. The summed E-state index contributed by atoms with van der Waals surface area (Å²) in [5, 5.41) is 41.9. The maximum atomic E-state index is 10.3. The zero-order chi connectivity index (χ0) is 12.5. The van der Waals surface area contributed by atoms with Gasteiger partial charge in [-0.25, -0.2) is 0 Å². The highest BCUT2D eigenvalue weighted by Gasteiger charge is 2.31. The summed E-state index contributed by atoms with van der Waals surface area (Å²) in [4.78, 5) is 0. The molecule has 1 heterocycles. The van der Waals surface area contributed by atoms with Gasteiger partial charge in [0, 0.05) is 30.7 Å². The summed E-state index contributed by atoms with van der Waals surface area (Å²) >= 11 is 0. The first-order chi connectivity index (χ1) is 8.00. The molecule has 0 aromatic heterocycles. The molecule has 2 rings (SSSR count). The van der Waals surface area contributed by atoms with E-state index in [0.29, 0.717) is 13.0 Å². The lowest BCUT2D eigenvalue weighted by molar-refractivity contribution is 0.0159. The SMILES string of the molecule is Oc1cc(O)c(CC2(O)CCCNC2)c(O)c1. The Morgan fingerprint density at radius 3 is 2.35 bits per heavy atom. The van der Waals surface area contributed by atoms with E-state index in [1.54, 1.807) is 0 Å². The van der Waals surface area contributed by atoms with Crippen molar-refractivity contribution < 1.29 is 20.4 Å². The molecule has 0 amide bonds. The Kier molecular flexibility index (Phi) is 3.13. The van der Waals surface area contributed by atoms with Crippen molar-refractivity contribution >= 4 is 0 Å². The first kappa shape index (κ1) is 12.0. The number of rotatable bonds is 2. The molecule has 1 saturated heterocycles. The van der Waals surface area contributed by atoms with Crippen molar-refractivity contribution in [1.29, 1.82) is 0 Å². The van der Waals surface area contributed by atoms with E-state index >= 15 is 0 Å². The van der Waals surface area contributed by atoms with Crippen LogP contribution in [-0.4, -0.2) is 39.1 Å². The maximum Gasteiger partial charge on any atom is 0.126 e. The summed E-state index contributed by atoms with van der Waals surface area (Å²) in [6.07, 6.45) is 1.65. The van der Waals surface area contributed by atoms with Gasteiger partial charge in [-0.3, -0.25) is 0 Å². The van der Waals surface area contributed by atoms with Crippen molar-refractivity contribution in [2.75, 3.05) is 13.1 Å². The normalized spacial score (nSPS) is 24.8. The monoisotopic (exact) mass is 239 g/mol. The smallest absolute Gasteiger partial charge is 0.126 e. The van der Waals surface area contributed by atoms with Crippen molar-refractivity contribution in [3.05, 3.63) is 17.7 Å². The number of piperidine rings is 1. The highest BCUT2D eigenvalue weighted by atomic mass is 16.3. The molecular weight excluding hydrogens is 222 g/mol. The molecule has 0 saturated carbocycles. The van der Waals surface area contributed by atoms with Crippen LogP contribution >= 0.6 is 0 Å². The molecule has 1 fully saturated rings. The van der Waals surface area contributed by atoms with E-state index in [1.807, 2.05) is 0 Å². The van der Waals surface area contributed by atoms with Gasteiger partial charge in [-0.2, -0.15) is 0 Å². The van der Waals surface area contributed by atoms with Gasteiger partial charge in [0.1, 0.15) is 17.2 Å². The molecule has 0 bridgehead atoms. The molecule has 17 heavy (non-hydrogen) atoms. The zero-order valence-corrected chi connectivity index (χ0v) is 9.48. The van der Waals surface area contributed by atoms with Gasteiger partial charge in [-0.05, 0) is 19.4 Å². The van der Waals surface area contributed by atoms with Crippen molar-refractivity contribution in [3.63, 3.8) is 0 Å². The average molecular weight is 239 g/mol. The van der Waals surface area contributed by atoms with E-state index in [-0.39, 0.29) is 29.2 Å². The molecular formula is C12H17NO4. The van der Waals surface area contributed by atoms with Gasteiger partial charge >= 0.3 is 0 Å². The van der Waals surface area contributed by atoms with E-state index in [9.17, 15) is 20.4 Å². The van der Waals surface area contributed by atoms with Crippen LogP contribution in [0.2, 0.25) is 0 Å². The standard InChI is InChI=1S/C12H17NO4/c14-8-4-10(15)9(11(16)5-8)6-12(17)2-1-3-13-7-12/h4-5,13-17H,1-3,6-7H2. The summed E-state index contributed by atoms with van der Waals surface area (Å²) in [5.74, 6) is -0.583. The number of β-amino-alcohol motifs (C(OH)–C–C–N with tert-alkyl or cyclic N) is 1. The van der Waals surface area contributed by atoms with Crippen LogP contribution in [0.4, 0.5) is 0 Å². The number of benzene rings is 1. The summed E-state index contributed by atoms with van der Waals surface area (Å²) < 4.78 is 0. The quantitative estimate of drug-likeness (QED) is 0.517. The van der Waals surface area contributed by atoms with Gasteiger partial charge in [0.05, 0.1) is 5.60 Å². The molecule has 1 aliphatic rings. The largest absolute Gasteiger partial charge is 0.508 e. The van der Waals surface area contributed by atoms with E-state index in [4.69, 9.17) is 0 Å². The second-order valence-electron chi connectivity index (χ2n) is 4.64. The van der Waals surface area contributed by atoms with Crippen molar-refractivity contribution in [3.8, 4) is 17.2 Å². The van der Waals surface area contributed by atoms with Crippen LogP contribution in [0.3, 0.4) is 0 Å². The van der Waals surface area contributed by atoms with E-state index in [2.05, 4.69) is 5.32 Å². The highest BCUT2D eigenvalue weighted by Crippen LogP contribution is 2.35. The minimum atomic E-state index is -0.954. The molecule has 1 aromatic rings. The maximum absolute atomic E-state index is 10.3. The molecule has 1 aliphatic heterocycles. The molecule has 1 aromatic carbocycles. The highest BCUT2D eigenvalue weighted by molar-refractivity contribution is 5.49. The van der Waals surface area contributed by atoms with Crippen LogP contribution in [0.1, 0.15) is 18.4 Å². The third-order valence-corrected chi connectivity index (χ3v) is 3.14. The Morgan fingerprint density at radius 2 is 1.82 bits per heavy atom. The fourth-order valence-corrected chi connectivity index (χ4v) is 2.24. The number of hydrogen-bond acceptors (Lipinski definition) is 5. The van der Waals surface area contributed by atoms with Gasteiger partial charge in [0.2, 0.25) is 0 Å². The summed E-state index contributed by atoms with van der Waals surface area (Å²) in [5.41, 5.74) is -0.682. The lowest BCUT2D eigenvalue weighted by Crippen LogP contribution is -2.47. The van der Waals surface area contributed by atoms with Crippen molar-refractivity contribution in [1.82, 2.24) is 5.32 Å². The molecule has 1 atom stereocenters. The predicted molar refractivity (Wildman–Crippen MR) is 62.2 cm³/mol. The van der Waals surface area contributed by atoms with Gasteiger partial charge in [0.25, 0.3) is 0 Å².